The molecule has 1 aromatic carbocycles. The van der Waals surface area contributed by atoms with Gasteiger partial charge in [0.25, 0.3) is 0 Å². The van der Waals surface area contributed by atoms with Crippen molar-refractivity contribution in [2.75, 3.05) is 32.9 Å². The number of hydrogen-bond acceptors (Lipinski definition) is 3. The van der Waals surface area contributed by atoms with Crippen LogP contribution in [0.2, 0.25) is 0 Å². The van der Waals surface area contributed by atoms with Crippen molar-refractivity contribution in [2.24, 2.45) is 0 Å². The fourth-order valence-corrected chi connectivity index (χ4v) is 3.29. The van der Waals surface area contributed by atoms with E-state index in [2.05, 4.69) is 65.5 Å². The van der Waals surface area contributed by atoms with Gasteiger partial charge >= 0.3 is 0 Å². The molecule has 26 heavy (non-hydrogen) atoms. The number of benzene rings is 1. The molecule has 0 saturated carbocycles. The summed E-state index contributed by atoms with van der Waals surface area (Å²) in [7, 11) is 0. The number of rotatable bonds is 6. The average Bonchev–Trinajstić information content (AvgIpc) is 2.55. The standard InChI is InChI=1S/C23H39NO2/c1-8-9-12-26-21-18(17-24-10-13-25-14-11-24)15-19(22(2,3)4)16-20(21)23(5,6)7/h15-16H,8-14,17H2,1-7H3. The van der Waals surface area contributed by atoms with Crippen molar-refractivity contribution in [2.45, 2.75) is 78.7 Å². The Hall–Kier alpha value is -1.06. The van der Waals surface area contributed by atoms with Gasteiger partial charge in [0.1, 0.15) is 5.75 Å². The lowest BCUT2D eigenvalue weighted by Gasteiger charge is -2.32. The number of unbranched alkanes of at least 4 members (excludes halogenated alkanes) is 1. The highest BCUT2D eigenvalue weighted by Crippen LogP contribution is 2.39. The molecule has 1 aromatic rings. The molecule has 0 aromatic heterocycles. The fourth-order valence-electron chi connectivity index (χ4n) is 3.29. The van der Waals surface area contributed by atoms with E-state index >= 15 is 0 Å². The van der Waals surface area contributed by atoms with Crippen molar-refractivity contribution in [1.29, 1.82) is 0 Å². The first-order valence-electron chi connectivity index (χ1n) is 10.2. The molecule has 148 valence electrons. The maximum Gasteiger partial charge on any atom is 0.127 e. The topological polar surface area (TPSA) is 21.7 Å². The zero-order chi connectivity index (χ0) is 19.4. The third kappa shape index (κ3) is 5.72. The van der Waals surface area contributed by atoms with Crippen LogP contribution >= 0.6 is 0 Å². The Bertz CT molecular complexity index is 575. The zero-order valence-electron chi connectivity index (χ0n) is 18.1. The van der Waals surface area contributed by atoms with Crippen LogP contribution in [0.1, 0.15) is 78.0 Å². The van der Waals surface area contributed by atoms with Gasteiger partial charge in [-0.15, -0.1) is 0 Å². The molecule has 0 unspecified atom stereocenters. The van der Waals surface area contributed by atoms with Crippen molar-refractivity contribution in [1.82, 2.24) is 4.90 Å². The molecule has 2 rings (SSSR count). The molecule has 0 spiro atoms. The Kier molecular flexibility index (Phi) is 7.15. The van der Waals surface area contributed by atoms with Crippen LogP contribution in [0.15, 0.2) is 12.1 Å². The molecule has 3 nitrogen and oxygen atoms in total. The van der Waals surface area contributed by atoms with Crippen LogP contribution in [0.25, 0.3) is 0 Å². The summed E-state index contributed by atoms with van der Waals surface area (Å²) in [6.45, 7) is 21.4. The van der Waals surface area contributed by atoms with Gasteiger partial charge in [0, 0.05) is 30.8 Å². The molecule has 1 saturated heterocycles. The van der Waals surface area contributed by atoms with Gasteiger partial charge in [0.15, 0.2) is 0 Å². The Labute approximate surface area is 161 Å². The highest BCUT2D eigenvalue weighted by Gasteiger charge is 2.27. The predicted octanol–water partition coefficient (Wildman–Crippen LogP) is 5.29. The fraction of sp³-hybridized carbons (Fsp3) is 0.739. The highest BCUT2D eigenvalue weighted by atomic mass is 16.5. The molecule has 0 N–H and O–H groups in total. The van der Waals surface area contributed by atoms with Crippen LogP contribution in [0.3, 0.4) is 0 Å². The largest absolute Gasteiger partial charge is 0.493 e. The molecule has 1 fully saturated rings. The van der Waals surface area contributed by atoms with E-state index in [1.165, 1.54) is 16.7 Å². The van der Waals surface area contributed by atoms with E-state index in [1.54, 1.807) is 0 Å². The van der Waals surface area contributed by atoms with E-state index in [0.29, 0.717) is 0 Å². The van der Waals surface area contributed by atoms with Gasteiger partial charge in [-0.3, -0.25) is 4.90 Å². The predicted molar refractivity (Wildman–Crippen MR) is 110 cm³/mol. The van der Waals surface area contributed by atoms with E-state index in [9.17, 15) is 0 Å². The molecule has 1 heterocycles. The van der Waals surface area contributed by atoms with Gasteiger partial charge in [-0.05, 0) is 22.8 Å². The third-order valence-corrected chi connectivity index (χ3v) is 5.08. The second-order valence-electron chi connectivity index (χ2n) is 9.60. The molecular weight excluding hydrogens is 322 g/mol. The van der Waals surface area contributed by atoms with Gasteiger partial charge in [-0.1, -0.05) is 67.0 Å². The number of ether oxygens (including phenoxy) is 2. The summed E-state index contributed by atoms with van der Waals surface area (Å²) in [5.74, 6) is 1.12. The summed E-state index contributed by atoms with van der Waals surface area (Å²) >= 11 is 0. The molecular formula is C23H39NO2. The van der Waals surface area contributed by atoms with Crippen molar-refractivity contribution < 1.29 is 9.47 Å². The molecule has 0 amide bonds. The number of nitrogens with zero attached hydrogens (tertiary/aromatic N) is 1. The summed E-state index contributed by atoms with van der Waals surface area (Å²) < 4.78 is 11.9. The average molecular weight is 362 g/mol. The molecule has 0 aliphatic carbocycles. The van der Waals surface area contributed by atoms with Gasteiger partial charge in [-0.25, -0.2) is 0 Å². The Morgan fingerprint density at radius 2 is 1.65 bits per heavy atom. The van der Waals surface area contributed by atoms with Crippen LogP contribution in [0, 0.1) is 0 Å². The maximum absolute atomic E-state index is 6.39. The minimum atomic E-state index is 0.0581. The molecule has 0 bridgehead atoms. The van der Waals surface area contributed by atoms with E-state index in [0.717, 1.165) is 58.0 Å². The SMILES string of the molecule is CCCCOc1c(CN2CCOCC2)cc(C(C)(C)C)cc1C(C)(C)C. The van der Waals surface area contributed by atoms with Crippen molar-refractivity contribution >= 4 is 0 Å². The van der Waals surface area contributed by atoms with E-state index in [1.807, 2.05) is 0 Å². The summed E-state index contributed by atoms with van der Waals surface area (Å²) in [5, 5.41) is 0. The minimum Gasteiger partial charge on any atom is -0.493 e. The Balaban J connectivity index is 2.47. The summed E-state index contributed by atoms with van der Waals surface area (Å²) in [4.78, 5) is 2.49. The first-order valence-corrected chi connectivity index (χ1v) is 10.2. The molecule has 3 heteroatoms. The molecule has 1 aliphatic rings. The van der Waals surface area contributed by atoms with Gasteiger partial charge in [-0.2, -0.15) is 0 Å². The smallest absolute Gasteiger partial charge is 0.127 e. The maximum atomic E-state index is 6.39. The first kappa shape index (κ1) is 21.2. The van der Waals surface area contributed by atoms with Crippen LogP contribution < -0.4 is 4.74 Å². The molecule has 1 aliphatic heterocycles. The van der Waals surface area contributed by atoms with E-state index in [-0.39, 0.29) is 10.8 Å². The first-order chi connectivity index (χ1) is 12.1. The third-order valence-electron chi connectivity index (χ3n) is 5.08. The van der Waals surface area contributed by atoms with E-state index in [4.69, 9.17) is 9.47 Å². The van der Waals surface area contributed by atoms with Crippen molar-refractivity contribution in [3.8, 4) is 5.75 Å². The lowest BCUT2D eigenvalue weighted by atomic mass is 9.78. The second kappa shape index (κ2) is 8.75. The van der Waals surface area contributed by atoms with Gasteiger partial charge < -0.3 is 9.47 Å². The van der Waals surface area contributed by atoms with Crippen LogP contribution in [-0.2, 0) is 22.1 Å². The molecule has 0 radical (unpaired) electrons. The summed E-state index contributed by atoms with van der Waals surface area (Å²) in [5.41, 5.74) is 4.25. The van der Waals surface area contributed by atoms with Gasteiger partial charge in [0.2, 0.25) is 0 Å². The lowest BCUT2D eigenvalue weighted by molar-refractivity contribution is 0.0337. The normalized spacial score (nSPS) is 16.7. The van der Waals surface area contributed by atoms with Crippen LogP contribution in [-0.4, -0.2) is 37.8 Å². The summed E-state index contributed by atoms with van der Waals surface area (Å²) in [6.07, 6.45) is 2.26. The zero-order valence-corrected chi connectivity index (χ0v) is 18.1. The van der Waals surface area contributed by atoms with Crippen LogP contribution in [0.5, 0.6) is 5.75 Å². The highest BCUT2D eigenvalue weighted by molar-refractivity contribution is 5.49. The number of hydrogen-bond donors (Lipinski definition) is 0. The minimum absolute atomic E-state index is 0.0581. The quantitative estimate of drug-likeness (QED) is 0.642. The lowest BCUT2D eigenvalue weighted by Crippen LogP contribution is -2.36. The Morgan fingerprint density at radius 1 is 1.00 bits per heavy atom. The summed E-state index contributed by atoms with van der Waals surface area (Å²) in [6, 6.07) is 4.76. The monoisotopic (exact) mass is 361 g/mol. The second-order valence-corrected chi connectivity index (χ2v) is 9.60. The van der Waals surface area contributed by atoms with E-state index < -0.39 is 0 Å². The van der Waals surface area contributed by atoms with Crippen LogP contribution in [0.4, 0.5) is 0 Å². The van der Waals surface area contributed by atoms with Gasteiger partial charge in [0.05, 0.1) is 19.8 Å². The Morgan fingerprint density at radius 3 is 2.19 bits per heavy atom. The van der Waals surface area contributed by atoms with Crippen molar-refractivity contribution in [3.63, 3.8) is 0 Å². The number of morpholine rings is 1. The molecule has 0 atom stereocenters. The van der Waals surface area contributed by atoms with Crippen molar-refractivity contribution in [3.05, 3.63) is 28.8 Å².